The molecule has 0 bridgehead atoms. The summed E-state index contributed by atoms with van der Waals surface area (Å²) in [6.45, 7) is 0. The zero-order valence-corrected chi connectivity index (χ0v) is 20.7. The van der Waals surface area contributed by atoms with Crippen LogP contribution >= 0.6 is 22.7 Å². The Morgan fingerprint density at radius 2 is 1.00 bits per heavy atom. The minimum atomic E-state index is 0.855. The van der Waals surface area contributed by atoms with Gasteiger partial charge in [-0.15, -0.1) is 22.7 Å². The summed E-state index contributed by atoms with van der Waals surface area (Å²) < 4.78 is 10.7. The van der Waals surface area contributed by atoms with Crippen LogP contribution in [0.15, 0.2) is 109 Å². The van der Waals surface area contributed by atoms with Gasteiger partial charge in [0.25, 0.3) is 0 Å². The Hall–Kier alpha value is -3.86. The van der Waals surface area contributed by atoms with Crippen LogP contribution in [0.25, 0.3) is 40.3 Å². The van der Waals surface area contributed by atoms with Gasteiger partial charge in [-0.2, -0.15) is 0 Å². The molecule has 0 saturated carbocycles. The van der Waals surface area contributed by atoms with Gasteiger partial charge in [-0.25, -0.2) is 0 Å². The molecule has 0 saturated heterocycles. The molecule has 7 aromatic rings. The first-order chi connectivity index (χ1) is 17.3. The van der Waals surface area contributed by atoms with Gasteiger partial charge in [0.2, 0.25) is 0 Å². The first-order valence-corrected chi connectivity index (χ1v) is 13.2. The summed E-state index contributed by atoms with van der Waals surface area (Å²) in [5.74, 6) is 0.855. The van der Waals surface area contributed by atoms with Crippen molar-refractivity contribution in [3.8, 4) is 5.75 Å². The number of hydrogen-bond acceptors (Lipinski definition) is 4. The smallest absolute Gasteiger partial charge is 0.119 e. The molecule has 0 aliphatic carbocycles. The average Bonchev–Trinajstić information content (AvgIpc) is 3.49. The number of methoxy groups -OCH3 is 1. The van der Waals surface area contributed by atoms with Gasteiger partial charge in [0.05, 0.1) is 27.9 Å². The summed E-state index contributed by atoms with van der Waals surface area (Å²) in [6, 6.07) is 39.1. The minimum Gasteiger partial charge on any atom is -0.497 e. The highest BCUT2D eigenvalue weighted by Gasteiger charge is 2.21. The fourth-order valence-corrected chi connectivity index (χ4v) is 7.37. The van der Waals surface area contributed by atoms with Gasteiger partial charge in [0, 0.05) is 36.6 Å². The maximum Gasteiger partial charge on any atom is 0.119 e. The number of nitrogens with zero attached hydrogens (tertiary/aromatic N) is 1. The van der Waals surface area contributed by atoms with Crippen molar-refractivity contribution in [3.63, 3.8) is 0 Å². The topological polar surface area (TPSA) is 12.5 Å². The maximum atomic E-state index is 5.47. The van der Waals surface area contributed by atoms with Crippen LogP contribution in [0.5, 0.6) is 5.75 Å². The van der Waals surface area contributed by atoms with E-state index in [0.29, 0.717) is 0 Å². The van der Waals surface area contributed by atoms with E-state index in [4.69, 9.17) is 4.74 Å². The number of hydrogen-bond donors (Lipinski definition) is 0. The maximum absolute atomic E-state index is 5.47. The molecule has 7 rings (SSSR count). The molecule has 0 radical (unpaired) electrons. The predicted octanol–water partition coefficient (Wildman–Crippen LogP) is 9.90. The van der Waals surface area contributed by atoms with Gasteiger partial charge in [-0.3, -0.25) is 0 Å². The number of anilines is 3. The molecule has 2 nitrogen and oxygen atoms in total. The number of rotatable bonds is 4. The first kappa shape index (κ1) is 20.5. The molecular weight excluding hydrogens is 466 g/mol. The number of ether oxygens (including phenoxy) is 1. The summed E-state index contributed by atoms with van der Waals surface area (Å²) in [7, 11) is 1.71. The van der Waals surface area contributed by atoms with Crippen molar-refractivity contribution in [1.29, 1.82) is 0 Å². The van der Waals surface area contributed by atoms with Crippen LogP contribution in [-0.4, -0.2) is 7.11 Å². The normalized spacial score (nSPS) is 11.6. The molecule has 0 spiro atoms. The zero-order valence-electron chi connectivity index (χ0n) is 19.1. The van der Waals surface area contributed by atoms with Gasteiger partial charge >= 0.3 is 0 Å². The van der Waals surface area contributed by atoms with Crippen LogP contribution in [0, 0.1) is 0 Å². The second-order valence-electron chi connectivity index (χ2n) is 8.54. The van der Waals surface area contributed by atoms with E-state index in [9.17, 15) is 0 Å². The van der Waals surface area contributed by atoms with Crippen LogP contribution in [0.3, 0.4) is 0 Å². The third-order valence-electron chi connectivity index (χ3n) is 6.58. The molecule has 0 N–H and O–H groups in total. The van der Waals surface area contributed by atoms with Crippen molar-refractivity contribution in [2.24, 2.45) is 0 Å². The molecule has 2 aromatic heterocycles. The number of thiophene rings is 2. The number of fused-ring (bicyclic) bond motifs is 6. The van der Waals surface area contributed by atoms with Crippen LogP contribution in [0.4, 0.5) is 17.1 Å². The second-order valence-corrected chi connectivity index (χ2v) is 10.6. The molecule has 5 aromatic carbocycles. The Balaban J connectivity index is 1.56. The van der Waals surface area contributed by atoms with Gasteiger partial charge in [0.15, 0.2) is 0 Å². The van der Waals surface area contributed by atoms with Crippen LogP contribution in [0.2, 0.25) is 0 Å². The lowest BCUT2D eigenvalue weighted by molar-refractivity contribution is 0.415. The first-order valence-electron chi connectivity index (χ1n) is 11.6. The lowest BCUT2D eigenvalue weighted by atomic mass is 10.1. The van der Waals surface area contributed by atoms with E-state index >= 15 is 0 Å². The quantitative estimate of drug-likeness (QED) is 0.245. The molecule has 0 aliphatic rings. The zero-order chi connectivity index (χ0) is 23.4. The number of benzene rings is 5. The Morgan fingerprint density at radius 1 is 0.514 bits per heavy atom. The molecule has 4 heteroatoms. The summed E-state index contributed by atoms with van der Waals surface area (Å²) in [5, 5.41) is 5.21. The lowest BCUT2D eigenvalue weighted by Gasteiger charge is -2.26. The fourth-order valence-electron chi connectivity index (χ4n) is 4.96. The molecule has 168 valence electrons. The summed E-state index contributed by atoms with van der Waals surface area (Å²) in [4.78, 5) is 2.41. The van der Waals surface area contributed by atoms with Gasteiger partial charge < -0.3 is 9.64 Å². The van der Waals surface area contributed by atoms with E-state index in [2.05, 4.69) is 102 Å². The Bertz CT molecular complexity index is 1730. The second kappa shape index (κ2) is 8.12. The van der Waals surface area contributed by atoms with E-state index in [0.717, 1.165) is 11.4 Å². The van der Waals surface area contributed by atoms with Gasteiger partial charge in [0.1, 0.15) is 5.75 Å². The molecule has 0 amide bonds. The van der Waals surface area contributed by atoms with Crippen molar-refractivity contribution in [3.05, 3.63) is 109 Å². The third kappa shape index (κ3) is 3.22. The van der Waals surface area contributed by atoms with Crippen molar-refractivity contribution in [2.75, 3.05) is 12.0 Å². The van der Waals surface area contributed by atoms with E-state index < -0.39 is 0 Å². The molecule has 0 aliphatic heterocycles. The Kier molecular flexibility index (Phi) is 4.76. The summed E-state index contributed by atoms with van der Waals surface area (Å²) >= 11 is 3.72. The average molecular weight is 488 g/mol. The van der Waals surface area contributed by atoms with E-state index in [1.807, 2.05) is 34.8 Å². The highest BCUT2D eigenvalue weighted by atomic mass is 32.1. The summed E-state index contributed by atoms with van der Waals surface area (Å²) in [5.41, 5.74) is 3.50. The van der Waals surface area contributed by atoms with Gasteiger partial charge in [-0.1, -0.05) is 60.7 Å². The van der Waals surface area contributed by atoms with E-state index in [-0.39, 0.29) is 0 Å². The van der Waals surface area contributed by atoms with Crippen LogP contribution in [-0.2, 0) is 0 Å². The standard InChI is InChI=1S/C31H21NOS2/c1-33-21-18-16-20(17-19-21)32(26-12-6-10-24-22-8-2-4-14-28(22)34-30(24)26)27-13-7-11-25-23-9-3-5-15-29(23)35-31(25)27/h2-19H,1H3. The molecule has 0 atom stereocenters. The van der Waals surface area contributed by atoms with Crippen LogP contribution in [0.1, 0.15) is 0 Å². The van der Waals surface area contributed by atoms with Gasteiger partial charge in [-0.05, 0) is 48.5 Å². The predicted molar refractivity (Wildman–Crippen MR) is 153 cm³/mol. The van der Waals surface area contributed by atoms with Crippen LogP contribution < -0.4 is 9.64 Å². The Labute approximate surface area is 211 Å². The molecule has 2 heterocycles. The lowest BCUT2D eigenvalue weighted by Crippen LogP contribution is -2.10. The highest BCUT2D eigenvalue weighted by Crippen LogP contribution is 2.48. The van der Waals surface area contributed by atoms with E-state index in [1.54, 1.807) is 7.11 Å². The third-order valence-corrected chi connectivity index (χ3v) is 9.00. The largest absolute Gasteiger partial charge is 0.497 e. The monoisotopic (exact) mass is 487 g/mol. The summed E-state index contributed by atoms with van der Waals surface area (Å²) in [6.07, 6.45) is 0. The van der Waals surface area contributed by atoms with Crippen molar-refractivity contribution >= 4 is 80.1 Å². The van der Waals surface area contributed by atoms with Crippen molar-refractivity contribution in [2.45, 2.75) is 0 Å². The fraction of sp³-hybridized carbons (Fsp3) is 0.0323. The Morgan fingerprint density at radius 3 is 1.51 bits per heavy atom. The van der Waals surface area contributed by atoms with Crippen molar-refractivity contribution in [1.82, 2.24) is 0 Å². The molecule has 0 unspecified atom stereocenters. The van der Waals surface area contributed by atoms with Crippen molar-refractivity contribution < 1.29 is 4.74 Å². The SMILES string of the molecule is COc1ccc(N(c2cccc3c2sc2ccccc23)c2cccc3c2sc2ccccc23)cc1. The highest BCUT2D eigenvalue weighted by molar-refractivity contribution is 7.27. The molecule has 35 heavy (non-hydrogen) atoms. The molecule has 0 fully saturated rings. The molecular formula is C31H21NOS2. The minimum absolute atomic E-state index is 0.855. The van der Waals surface area contributed by atoms with E-state index in [1.165, 1.54) is 51.7 Å².